The molecule has 0 atom stereocenters. The Hall–Kier alpha value is -2.32. The van der Waals surface area contributed by atoms with E-state index in [1.54, 1.807) is 28.0 Å². The first-order valence-corrected chi connectivity index (χ1v) is 10.6. The van der Waals surface area contributed by atoms with Gasteiger partial charge in [0.25, 0.3) is 11.8 Å². The van der Waals surface area contributed by atoms with E-state index in [0.717, 1.165) is 4.90 Å². The summed E-state index contributed by atoms with van der Waals surface area (Å²) in [5.41, 5.74) is 0.462. The maximum Gasteiger partial charge on any atom is 0.339 e. The molecule has 2 amide bonds. The van der Waals surface area contributed by atoms with Crippen LogP contribution in [0.15, 0.2) is 46.7 Å². The lowest BCUT2D eigenvalue weighted by molar-refractivity contribution is -0.136. The number of esters is 1. The molecule has 1 fully saturated rings. The van der Waals surface area contributed by atoms with E-state index in [0.29, 0.717) is 36.6 Å². The monoisotopic (exact) mass is 404 g/mol. The minimum absolute atomic E-state index is 0.00259. The molecule has 1 saturated heterocycles. The number of thiophene rings is 1. The molecule has 1 aliphatic heterocycles. The smallest absolute Gasteiger partial charge is 0.339 e. The lowest BCUT2D eigenvalue weighted by Crippen LogP contribution is -2.51. The lowest BCUT2D eigenvalue weighted by Gasteiger charge is -2.34. The first-order valence-electron chi connectivity index (χ1n) is 8.51. The standard InChI is InChI=1S/C19H20N2O4S2/c1-26-15-6-3-2-5-14(15)19(24)25-13-17(22)20-8-10-21(11-9-20)18(23)16-7-4-12-27-16/h2-7,12H,8-11,13H2,1H3. The summed E-state index contributed by atoms with van der Waals surface area (Å²) < 4.78 is 5.20. The summed E-state index contributed by atoms with van der Waals surface area (Å²) in [6.45, 7) is 1.54. The van der Waals surface area contributed by atoms with Gasteiger partial charge in [-0.2, -0.15) is 0 Å². The Morgan fingerprint density at radius 3 is 2.41 bits per heavy atom. The van der Waals surface area contributed by atoms with Crippen LogP contribution in [-0.4, -0.2) is 66.6 Å². The Bertz CT molecular complexity index is 815. The van der Waals surface area contributed by atoms with Crippen molar-refractivity contribution in [3.8, 4) is 0 Å². The number of hydrogen-bond donors (Lipinski definition) is 0. The molecule has 0 N–H and O–H groups in total. The molecule has 0 saturated carbocycles. The van der Waals surface area contributed by atoms with Gasteiger partial charge in [0.2, 0.25) is 0 Å². The van der Waals surface area contributed by atoms with Gasteiger partial charge in [-0.3, -0.25) is 9.59 Å². The van der Waals surface area contributed by atoms with E-state index < -0.39 is 5.97 Å². The molecule has 2 aromatic rings. The van der Waals surface area contributed by atoms with E-state index in [-0.39, 0.29) is 18.4 Å². The molecule has 3 rings (SSSR count). The number of carbonyl (C=O) groups excluding carboxylic acids is 3. The highest BCUT2D eigenvalue weighted by atomic mass is 32.2. The first kappa shape index (κ1) is 19.4. The van der Waals surface area contributed by atoms with Gasteiger partial charge in [-0.1, -0.05) is 18.2 Å². The Morgan fingerprint density at radius 1 is 1.04 bits per heavy atom. The Labute approximate surface area is 166 Å². The summed E-state index contributed by atoms with van der Waals surface area (Å²) in [5.74, 6) is -0.745. The fourth-order valence-electron chi connectivity index (χ4n) is 2.82. The third-order valence-corrected chi connectivity index (χ3v) is 5.96. The highest BCUT2D eigenvalue weighted by Gasteiger charge is 2.26. The molecule has 0 unspecified atom stereocenters. The number of nitrogens with zero attached hydrogens (tertiary/aromatic N) is 2. The Morgan fingerprint density at radius 2 is 1.74 bits per heavy atom. The summed E-state index contributed by atoms with van der Waals surface area (Å²) in [5, 5.41) is 1.87. The predicted molar refractivity (Wildman–Crippen MR) is 105 cm³/mol. The average molecular weight is 405 g/mol. The van der Waals surface area contributed by atoms with Crippen LogP contribution in [0.1, 0.15) is 20.0 Å². The number of piperazine rings is 1. The van der Waals surface area contributed by atoms with E-state index in [2.05, 4.69) is 0 Å². The van der Waals surface area contributed by atoms with Crippen molar-refractivity contribution in [3.05, 3.63) is 52.2 Å². The zero-order valence-corrected chi connectivity index (χ0v) is 16.6. The number of benzene rings is 1. The molecule has 0 aliphatic carbocycles. The van der Waals surface area contributed by atoms with Gasteiger partial charge in [0, 0.05) is 31.1 Å². The van der Waals surface area contributed by atoms with Crippen LogP contribution in [0.3, 0.4) is 0 Å². The van der Waals surface area contributed by atoms with E-state index in [9.17, 15) is 14.4 Å². The minimum Gasteiger partial charge on any atom is -0.452 e. The van der Waals surface area contributed by atoms with Crippen molar-refractivity contribution < 1.29 is 19.1 Å². The molecule has 0 spiro atoms. The molecule has 8 heteroatoms. The maximum absolute atomic E-state index is 12.3. The van der Waals surface area contributed by atoms with Gasteiger partial charge in [0.1, 0.15) is 0 Å². The van der Waals surface area contributed by atoms with Crippen molar-refractivity contribution in [2.45, 2.75) is 4.90 Å². The second kappa shape index (κ2) is 9.05. The van der Waals surface area contributed by atoms with Crippen molar-refractivity contribution >= 4 is 40.9 Å². The molecular weight excluding hydrogens is 384 g/mol. The molecule has 1 aromatic heterocycles. The SMILES string of the molecule is CSc1ccccc1C(=O)OCC(=O)N1CCN(C(=O)c2cccs2)CC1. The van der Waals surface area contributed by atoms with Gasteiger partial charge >= 0.3 is 5.97 Å². The zero-order chi connectivity index (χ0) is 19.2. The number of amides is 2. The third-order valence-electron chi connectivity index (χ3n) is 4.31. The van der Waals surface area contributed by atoms with E-state index in [4.69, 9.17) is 4.74 Å². The quantitative estimate of drug-likeness (QED) is 0.566. The summed E-state index contributed by atoms with van der Waals surface area (Å²) in [7, 11) is 0. The topological polar surface area (TPSA) is 66.9 Å². The molecule has 0 radical (unpaired) electrons. The van der Waals surface area contributed by atoms with Crippen LogP contribution in [0.2, 0.25) is 0 Å². The summed E-state index contributed by atoms with van der Waals surface area (Å²) >= 11 is 2.87. The average Bonchev–Trinajstić information content (AvgIpc) is 3.26. The molecule has 1 aromatic carbocycles. The number of rotatable bonds is 5. The fraction of sp³-hybridized carbons (Fsp3) is 0.316. The van der Waals surface area contributed by atoms with Gasteiger partial charge in [0.15, 0.2) is 6.61 Å². The molecule has 27 heavy (non-hydrogen) atoms. The normalized spacial score (nSPS) is 14.1. The highest BCUT2D eigenvalue weighted by molar-refractivity contribution is 7.98. The van der Waals surface area contributed by atoms with Crippen LogP contribution in [0.5, 0.6) is 0 Å². The van der Waals surface area contributed by atoms with Gasteiger partial charge in [-0.05, 0) is 29.8 Å². The Balaban J connectivity index is 1.48. The number of thioether (sulfide) groups is 1. The fourth-order valence-corrected chi connectivity index (χ4v) is 4.10. The minimum atomic E-state index is -0.500. The van der Waals surface area contributed by atoms with Crippen LogP contribution in [0.25, 0.3) is 0 Å². The van der Waals surface area contributed by atoms with Crippen LogP contribution < -0.4 is 0 Å². The van der Waals surface area contributed by atoms with Gasteiger partial charge in [-0.25, -0.2) is 4.79 Å². The summed E-state index contributed by atoms with van der Waals surface area (Å²) in [6, 6.07) is 10.8. The molecule has 1 aliphatic rings. The van der Waals surface area contributed by atoms with Crippen LogP contribution in [-0.2, 0) is 9.53 Å². The van der Waals surface area contributed by atoms with E-state index >= 15 is 0 Å². The second-order valence-corrected chi connectivity index (χ2v) is 7.72. The van der Waals surface area contributed by atoms with Crippen molar-refractivity contribution in [2.75, 3.05) is 39.0 Å². The Kier molecular flexibility index (Phi) is 6.52. The van der Waals surface area contributed by atoms with Crippen LogP contribution in [0.4, 0.5) is 0 Å². The number of hydrogen-bond acceptors (Lipinski definition) is 6. The summed E-state index contributed by atoms with van der Waals surface area (Å²) in [6.07, 6.45) is 1.88. The number of carbonyl (C=O) groups is 3. The lowest BCUT2D eigenvalue weighted by atomic mass is 10.2. The predicted octanol–water partition coefficient (Wildman–Crippen LogP) is 2.61. The summed E-state index contributed by atoms with van der Waals surface area (Å²) in [4.78, 5) is 41.8. The van der Waals surface area contributed by atoms with Crippen molar-refractivity contribution in [3.63, 3.8) is 0 Å². The second-order valence-electron chi connectivity index (χ2n) is 5.93. The zero-order valence-electron chi connectivity index (χ0n) is 14.9. The molecule has 6 nitrogen and oxygen atoms in total. The largest absolute Gasteiger partial charge is 0.452 e. The van der Waals surface area contributed by atoms with Crippen molar-refractivity contribution in [1.29, 1.82) is 0 Å². The number of ether oxygens (including phenoxy) is 1. The van der Waals surface area contributed by atoms with Crippen molar-refractivity contribution in [2.24, 2.45) is 0 Å². The molecule has 0 bridgehead atoms. The van der Waals surface area contributed by atoms with Gasteiger partial charge in [0.05, 0.1) is 10.4 Å². The molecule has 2 heterocycles. The highest BCUT2D eigenvalue weighted by Crippen LogP contribution is 2.20. The maximum atomic E-state index is 12.3. The first-order chi connectivity index (χ1) is 13.1. The van der Waals surface area contributed by atoms with E-state index in [1.165, 1.54) is 23.1 Å². The van der Waals surface area contributed by atoms with Crippen molar-refractivity contribution in [1.82, 2.24) is 9.80 Å². The van der Waals surface area contributed by atoms with Crippen LogP contribution in [0, 0.1) is 0 Å². The molecule has 142 valence electrons. The van der Waals surface area contributed by atoms with Gasteiger partial charge < -0.3 is 14.5 Å². The van der Waals surface area contributed by atoms with Gasteiger partial charge in [-0.15, -0.1) is 23.1 Å². The molecular formula is C19H20N2O4S2. The third kappa shape index (κ3) is 4.70. The van der Waals surface area contributed by atoms with Crippen LogP contribution >= 0.6 is 23.1 Å². The van der Waals surface area contributed by atoms with E-state index in [1.807, 2.05) is 29.8 Å².